The number of amides is 2. The van der Waals surface area contributed by atoms with E-state index in [1.807, 2.05) is 26.0 Å². The van der Waals surface area contributed by atoms with Crippen molar-refractivity contribution in [2.45, 2.75) is 26.2 Å². The van der Waals surface area contributed by atoms with Crippen molar-refractivity contribution in [3.63, 3.8) is 0 Å². The average molecular weight is 556 g/mol. The molecule has 0 spiro atoms. The number of aromatic hydroxyl groups is 1. The lowest BCUT2D eigenvalue weighted by Gasteiger charge is -2.34. The summed E-state index contributed by atoms with van der Waals surface area (Å²) < 4.78 is 23.5. The Bertz CT molecular complexity index is 1210. The first kappa shape index (κ1) is 29.7. The van der Waals surface area contributed by atoms with Gasteiger partial charge in [-0.15, -0.1) is 4.91 Å². The van der Waals surface area contributed by atoms with Crippen LogP contribution in [0, 0.1) is 10.8 Å². The zero-order chi connectivity index (χ0) is 28.1. The van der Waals surface area contributed by atoms with Gasteiger partial charge in [0.1, 0.15) is 11.5 Å². The van der Waals surface area contributed by atoms with E-state index >= 15 is 0 Å². The minimum Gasteiger partial charge on any atom is -0.508 e. The highest BCUT2D eigenvalue weighted by atomic mass is 32.2. The van der Waals surface area contributed by atoms with Crippen molar-refractivity contribution in [3.05, 3.63) is 83.4 Å². The predicted octanol–water partition coefficient (Wildman–Crippen LogP) is 5.21. The number of hydrogen-bond acceptors (Lipinski definition) is 8. The Morgan fingerprint density at radius 2 is 1.77 bits per heavy atom. The first-order valence-corrected chi connectivity index (χ1v) is 13.7. The quantitative estimate of drug-likeness (QED) is 0.324. The Kier molecular flexibility index (Phi) is 11.3. The summed E-state index contributed by atoms with van der Waals surface area (Å²) >= 11 is 0. The summed E-state index contributed by atoms with van der Waals surface area (Å²) in [6, 6.07) is 19.0. The molecular weight excluding hydrogens is 522 g/mol. The zero-order valence-corrected chi connectivity index (χ0v) is 22.9. The molecular formula is C27H33N5O6S. The van der Waals surface area contributed by atoms with Crippen molar-refractivity contribution in [2.75, 3.05) is 26.0 Å². The van der Waals surface area contributed by atoms with E-state index in [0.717, 1.165) is 5.56 Å². The lowest BCUT2D eigenvalue weighted by molar-refractivity contribution is -0.261. The molecule has 4 rings (SSSR count). The third-order valence-corrected chi connectivity index (χ3v) is 6.01. The molecule has 1 unspecified atom stereocenters. The van der Waals surface area contributed by atoms with Crippen LogP contribution < -0.4 is 15.4 Å². The fourth-order valence-electron chi connectivity index (χ4n) is 3.21. The molecule has 0 aliphatic carbocycles. The van der Waals surface area contributed by atoms with Gasteiger partial charge in [0.05, 0.1) is 29.8 Å². The molecule has 0 saturated carbocycles. The molecule has 3 N–H and O–H groups in total. The molecule has 11 nitrogen and oxygen atoms in total. The standard InChI is InChI=1S/C15H22N2O4.C12H11N3O2S/c1-15(2)20-9-12(10-21-15)8-17-14(19)16-7-11-3-5-13(18)6-4-11;1-18(15-16)14-10-5-7-11(8-6-10)17-12-4-2-3-9-13-12/h3-6,12,18H,7-10H2,1-2H3,(H2,16,17,19);2-9H,1H3. The average Bonchev–Trinajstić information content (AvgIpc) is 2.94. The molecule has 1 aromatic heterocycles. The number of phenols is 1. The van der Waals surface area contributed by atoms with E-state index < -0.39 is 16.7 Å². The Morgan fingerprint density at radius 3 is 2.38 bits per heavy atom. The minimum atomic E-state index is -0.831. The molecule has 0 radical (unpaired) electrons. The van der Waals surface area contributed by atoms with Crippen molar-refractivity contribution >= 4 is 22.6 Å². The number of pyridine rings is 1. The summed E-state index contributed by atoms with van der Waals surface area (Å²) in [5.74, 6) is 1.05. The van der Waals surface area contributed by atoms with E-state index in [9.17, 15) is 14.8 Å². The number of phenolic OH excluding ortho intramolecular Hbond substituents is 1. The van der Waals surface area contributed by atoms with Gasteiger partial charge in [-0.25, -0.2) is 14.1 Å². The molecule has 12 heteroatoms. The van der Waals surface area contributed by atoms with Crippen molar-refractivity contribution in [1.29, 1.82) is 0 Å². The summed E-state index contributed by atoms with van der Waals surface area (Å²) in [7, 11) is -0.831. The molecule has 1 aliphatic rings. The number of rotatable bonds is 8. The van der Waals surface area contributed by atoms with Gasteiger partial charge in [-0.05, 0) is 61.9 Å². The second-order valence-electron chi connectivity index (χ2n) is 8.99. The number of aromatic nitrogens is 1. The first-order chi connectivity index (χ1) is 18.7. The number of ether oxygens (including phenoxy) is 3. The van der Waals surface area contributed by atoms with Gasteiger partial charge in [-0.1, -0.05) is 18.2 Å². The van der Waals surface area contributed by atoms with Crippen molar-refractivity contribution in [1.82, 2.24) is 15.6 Å². The summed E-state index contributed by atoms with van der Waals surface area (Å²) in [6.45, 7) is 5.83. The van der Waals surface area contributed by atoms with Crippen molar-refractivity contribution in [3.8, 4) is 17.4 Å². The third-order valence-electron chi connectivity index (χ3n) is 5.32. The van der Waals surface area contributed by atoms with Gasteiger partial charge in [0.2, 0.25) is 5.88 Å². The van der Waals surface area contributed by atoms with Crippen molar-refractivity contribution < 1.29 is 24.1 Å². The Balaban J connectivity index is 0.000000218. The fraction of sp³-hybridized carbons (Fsp3) is 0.333. The maximum Gasteiger partial charge on any atom is 0.315 e. The molecule has 208 valence electrons. The molecule has 1 aliphatic heterocycles. The molecule has 2 heterocycles. The molecule has 1 atom stereocenters. The highest BCUT2D eigenvalue weighted by molar-refractivity contribution is 7.85. The fourth-order valence-corrected chi connectivity index (χ4v) is 3.67. The molecule has 1 fully saturated rings. The number of nitrogens with zero attached hydrogens (tertiary/aromatic N) is 3. The number of nitrogens with one attached hydrogen (secondary N) is 2. The Hall–Kier alpha value is -3.87. The van der Waals surface area contributed by atoms with Crippen LogP contribution in [0.15, 0.2) is 81.9 Å². The summed E-state index contributed by atoms with van der Waals surface area (Å²) in [6.07, 6.45) is 3.32. The number of benzene rings is 2. The van der Waals surface area contributed by atoms with E-state index in [0.29, 0.717) is 43.6 Å². The molecule has 0 bridgehead atoms. The summed E-state index contributed by atoms with van der Waals surface area (Å²) in [4.78, 5) is 26.0. The molecule has 39 heavy (non-hydrogen) atoms. The van der Waals surface area contributed by atoms with E-state index in [4.69, 9.17) is 14.2 Å². The normalized spacial score (nSPS) is 15.4. The Morgan fingerprint density at radius 1 is 1.08 bits per heavy atom. The first-order valence-electron chi connectivity index (χ1n) is 12.2. The van der Waals surface area contributed by atoms with E-state index in [1.165, 1.54) is 0 Å². The van der Waals surface area contributed by atoms with Gasteiger partial charge in [-0.3, -0.25) is 0 Å². The van der Waals surface area contributed by atoms with E-state index in [1.54, 1.807) is 67.0 Å². The van der Waals surface area contributed by atoms with Gasteiger partial charge in [0, 0.05) is 42.1 Å². The van der Waals surface area contributed by atoms with Gasteiger partial charge >= 0.3 is 6.03 Å². The second-order valence-corrected chi connectivity index (χ2v) is 10.2. The number of carbonyl (C=O) groups excluding carboxylic acids is 1. The monoisotopic (exact) mass is 555 g/mol. The zero-order valence-electron chi connectivity index (χ0n) is 22.1. The van der Waals surface area contributed by atoms with Crippen LogP contribution in [0.25, 0.3) is 0 Å². The number of carbonyl (C=O) groups is 1. The largest absolute Gasteiger partial charge is 0.508 e. The molecule has 3 aromatic rings. The number of hydrogen-bond donors (Lipinski definition) is 3. The van der Waals surface area contributed by atoms with Gasteiger partial charge in [0.25, 0.3) is 0 Å². The van der Waals surface area contributed by atoms with Crippen LogP contribution in [-0.2, 0) is 26.9 Å². The highest BCUT2D eigenvalue weighted by Gasteiger charge is 2.28. The predicted molar refractivity (Wildman–Crippen MR) is 150 cm³/mol. The van der Waals surface area contributed by atoms with Crippen LogP contribution in [0.3, 0.4) is 0 Å². The third kappa shape index (κ3) is 11.2. The molecule has 2 aromatic carbocycles. The Labute approximate surface area is 230 Å². The summed E-state index contributed by atoms with van der Waals surface area (Å²) in [5, 5.41) is 14.7. The van der Waals surface area contributed by atoms with Crippen LogP contribution in [0.2, 0.25) is 0 Å². The van der Waals surface area contributed by atoms with Gasteiger partial charge in [0.15, 0.2) is 5.79 Å². The van der Waals surface area contributed by atoms with Crippen LogP contribution >= 0.6 is 0 Å². The van der Waals surface area contributed by atoms with Crippen LogP contribution in [0.4, 0.5) is 10.5 Å². The summed E-state index contributed by atoms with van der Waals surface area (Å²) in [5.41, 5.74) is 1.63. The van der Waals surface area contributed by atoms with Crippen LogP contribution in [0.1, 0.15) is 19.4 Å². The highest BCUT2D eigenvalue weighted by Crippen LogP contribution is 2.23. The molecule has 2 amide bonds. The number of urea groups is 1. The smallest absolute Gasteiger partial charge is 0.315 e. The molecule has 1 saturated heterocycles. The topological polar surface area (TPSA) is 144 Å². The SMILES string of the molecule is CC1(C)OCC(CNC(=O)NCc2ccc(O)cc2)CO1.CS(N=O)=Nc1ccc(Oc2ccccn2)cc1. The lowest BCUT2D eigenvalue weighted by atomic mass is 10.1. The maximum atomic E-state index is 11.7. The second kappa shape index (κ2) is 14.9. The van der Waals surface area contributed by atoms with E-state index in [2.05, 4.69) is 24.6 Å². The number of nitroso groups, excluding NO2 is 1. The van der Waals surface area contributed by atoms with Gasteiger partial charge in [-0.2, -0.15) is 0 Å². The maximum absolute atomic E-state index is 11.7. The van der Waals surface area contributed by atoms with Crippen molar-refractivity contribution in [2.24, 2.45) is 14.9 Å². The van der Waals surface area contributed by atoms with E-state index in [-0.39, 0.29) is 17.7 Å². The lowest BCUT2D eigenvalue weighted by Crippen LogP contribution is -2.45. The minimum absolute atomic E-state index is 0.164. The van der Waals surface area contributed by atoms with Crippen LogP contribution in [-0.4, -0.2) is 47.9 Å². The van der Waals surface area contributed by atoms with Crippen LogP contribution in [0.5, 0.6) is 17.4 Å². The van der Waals surface area contributed by atoms with Gasteiger partial charge < -0.3 is 30.0 Å².